The number of aryl methyl sites for hydroxylation is 12. The van der Waals surface area contributed by atoms with Gasteiger partial charge in [0, 0.05) is 78.3 Å². The number of aromatic nitrogens is 30. The first-order valence-electron chi connectivity index (χ1n) is 40.9. The second-order valence-corrected chi connectivity index (χ2v) is 42.1. The van der Waals surface area contributed by atoms with Crippen molar-refractivity contribution in [3.05, 3.63) is 175 Å². The summed E-state index contributed by atoms with van der Waals surface area (Å²) in [6.45, 7) is 99.5. The maximum absolute atomic E-state index is 4.20. The molecule has 0 amide bonds. The van der Waals surface area contributed by atoms with Crippen molar-refractivity contribution >= 4 is 0 Å². The number of rotatable bonds is 0. The van der Waals surface area contributed by atoms with Crippen molar-refractivity contribution in [1.82, 2.24) is 152 Å². The molecule has 0 atom stereocenters. The van der Waals surface area contributed by atoms with E-state index in [0.717, 1.165) is 138 Å². The fourth-order valence-electron chi connectivity index (χ4n) is 8.71. The van der Waals surface area contributed by atoms with Crippen LogP contribution in [0.2, 0.25) is 0 Å². The molecule has 123 heavy (non-hydrogen) atoms. The van der Waals surface area contributed by atoms with Crippen LogP contribution in [0, 0.1) is 83.1 Å². The predicted molar refractivity (Wildman–Crippen MR) is 479 cm³/mol. The first kappa shape index (κ1) is 119. The summed E-state index contributed by atoms with van der Waals surface area (Å²) >= 11 is 0. The molecular weight excluding hydrogens is 1640 g/mol. The Bertz CT molecular complexity index is 3750. The zero-order chi connectivity index (χ0) is 93.3. The SMILES string of the molecule is CC(C)(C)c1cc(C(C)(C)C)[n-]n1.CC(C)(C)c1cc(C(C)(C)C)[n-]n1.CC(C)(C)c1cc(C(C)(C)C)[n-]n1.CC(C)(C)c1cc(C(C)(C)C)[n-]n1.CC(C)(C)c1cc(C(C)(C)C)[n-]n1.CC(C)(C)c1cc(C(C)(C)C)[n-]n1.Cc1n[n-]c(C)n1.Cc1n[n-]c(C)n1.Cc1nnc(C)[n-]1.Cc1nnc(C)[n-]1.Cc1nnc(C)[n-]1.Cc1nnc(C)[n-]1.[Ti+4].[Ti+4].[Ti+4]. The molecule has 12 rings (SSSR count). The van der Waals surface area contributed by atoms with Gasteiger partial charge in [0.25, 0.3) is 0 Å². The van der Waals surface area contributed by atoms with Crippen molar-refractivity contribution in [2.24, 2.45) is 0 Å². The van der Waals surface area contributed by atoms with Crippen molar-refractivity contribution in [2.45, 2.75) is 397 Å². The summed E-state index contributed by atoms with van der Waals surface area (Å²) in [5.41, 5.74) is 14.3. The molecule has 33 heteroatoms. The monoisotopic (exact) mass is 1800 g/mol. The van der Waals surface area contributed by atoms with E-state index < -0.39 is 0 Å². The van der Waals surface area contributed by atoms with E-state index in [4.69, 9.17) is 0 Å². The third-order valence-electron chi connectivity index (χ3n) is 16.4. The van der Waals surface area contributed by atoms with Crippen molar-refractivity contribution in [1.29, 1.82) is 0 Å². The minimum atomic E-state index is 0. The summed E-state index contributed by atoms with van der Waals surface area (Å²) in [5, 5.41) is 94.3. The molecule has 0 aromatic carbocycles. The first-order chi connectivity index (χ1) is 54.0. The maximum atomic E-state index is 4.20. The molecular formula is C90H150N30Ti3. The van der Waals surface area contributed by atoms with Gasteiger partial charge in [0.2, 0.25) is 0 Å². The van der Waals surface area contributed by atoms with Gasteiger partial charge in [-0.1, -0.05) is 297 Å². The quantitative estimate of drug-likeness (QED) is 0.127. The Balaban J connectivity index is -0.00000129. The third-order valence-corrected chi connectivity index (χ3v) is 16.4. The second-order valence-electron chi connectivity index (χ2n) is 42.1. The maximum Gasteiger partial charge on any atom is 4.00 e. The van der Waals surface area contributed by atoms with E-state index in [-0.39, 0.29) is 130 Å². The van der Waals surface area contributed by atoms with Gasteiger partial charge in [-0.15, -0.1) is 34.2 Å². The molecule has 0 saturated carbocycles. The Labute approximate surface area is 783 Å². The molecule has 12 aromatic heterocycles. The second kappa shape index (κ2) is 49.4. The van der Waals surface area contributed by atoms with Gasteiger partial charge in [-0.2, -0.15) is 0 Å². The van der Waals surface area contributed by atoms with Crippen LogP contribution in [0.25, 0.3) is 0 Å². The molecule has 0 saturated heterocycles. The van der Waals surface area contributed by atoms with Gasteiger partial charge in [-0.05, 0) is 162 Å². The summed E-state index contributed by atoms with van der Waals surface area (Å²) in [6.07, 6.45) is 0. The third kappa shape index (κ3) is 48.5. The van der Waals surface area contributed by atoms with Gasteiger partial charge in [-0.25, -0.2) is 0 Å². The fourth-order valence-corrected chi connectivity index (χ4v) is 8.71. The molecule has 0 fully saturated rings. The van der Waals surface area contributed by atoms with E-state index in [0.29, 0.717) is 0 Å². The van der Waals surface area contributed by atoms with Crippen molar-refractivity contribution in [2.75, 3.05) is 0 Å². The molecule has 672 valence electrons. The molecule has 30 nitrogen and oxygen atoms in total. The van der Waals surface area contributed by atoms with Crippen molar-refractivity contribution in [3.8, 4) is 0 Å². The summed E-state index contributed by atoms with van der Waals surface area (Å²) in [5.74, 6) is 8.97. The van der Waals surface area contributed by atoms with Crippen LogP contribution in [-0.2, 0) is 130 Å². The Morgan fingerprint density at radius 3 is 0.325 bits per heavy atom. The Morgan fingerprint density at radius 2 is 0.285 bits per heavy atom. The molecule has 0 bridgehead atoms. The van der Waals surface area contributed by atoms with E-state index in [2.05, 4.69) is 438 Å². The average molecular weight is 1800 g/mol. The van der Waals surface area contributed by atoms with Gasteiger partial charge in [0.15, 0.2) is 0 Å². The van der Waals surface area contributed by atoms with E-state index in [1.807, 2.05) is 83.1 Å². The molecule has 0 aliphatic heterocycles. The Morgan fingerprint density at radius 1 is 0.163 bits per heavy atom. The number of nitrogens with zero attached hydrogens (tertiary/aromatic N) is 30. The van der Waals surface area contributed by atoms with Gasteiger partial charge in [0.05, 0.1) is 0 Å². The summed E-state index contributed by atoms with van der Waals surface area (Å²) < 4.78 is 0. The predicted octanol–water partition coefficient (Wildman–Crippen LogP) is 16.1. The normalized spacial score (nSPS) is 11.7. The summed E-state index contributed by atoms with van der Waals surface area (Å²) in [7, 11) is 0. The van der Waals surface area contributed by atoms with Crippen molar-refractivity contribution < 1.29 is 65.2 Å². The van der Waals surface area contributed by atoms with Crippen LogP contribution < -0.4 is 60.7 Å². The molecule has 0 spiro atoms. The van der Waals surface area contributed by atoms with Crippen LogP contribution in [-0.4, -0.2) is 91.5 Å². The van der Waals surface area contributed by atoms with Gasteiger partial charge in [0.1, 0.15) is 0 Å². The van der Waals surface area contributed by atoms with Gasteiger partial charge < -0.3 is 142 Å². The van der Waals surface area contributed by atoms with E-state index in [9.17, 15) is 0 Å². The summed E-state index contributed by atoms with van der Waals surface area (Å²) in [6, 6.07) is 12.7. The number of hydrogen-bond donors (Lipinski definition) is 0. The molecule has 0 N–H and O–H groups in total. The fraction of sp³-hybridized carbons (Fsp3) is 0.667. The molecule has 0 aliphatic carbocycles. The minimum absolute atomic E-state index is 0. The van der Waals surface area contributed by atoms with Crippen LogP contribution in [0.4, 0.5) is 0 Å². The molecule has 0 aliphatic rings. The standard InChI is InChI=1S/6C11H19N2.6C4H6N3.3Ti/c6*1-10(2,3)8-7-9(13-12-8)11(4,5)6;6*1-3-5-4(2)7-6-3;;;/h6*7H,1-6H3;6*1-2H3;;;/q12*-1;3*+4. The Kier molecular flexibility index (Phi) is 47.9. The van der Waals surface area contributed by atoms with Crippen LogP contribution in [0.1, 0.15) is 387 Å². The number of hydrogen-bond acceptors (Lipinski definition) is 18. The zero-order valence-corrected chi connectivity index (χ0v) is 89.1. The van der Waals surface area contributed by atoms with E-state index >= 15 is 0 Å². The first-order valence-corrected chi connectivity index (χ1v) is 40.9. The molecule has 0 unspecified atom stereocenters. The van der Waals surface area contributed by atoms with Crippen LogP contribution in [0.3, 0.4) is 0 Å². The zero-order valence-electron chi connectivity index (χ0n) is 84.4. The molecule has 12 aromatic rings. The minimum Gasteiger partial charge on any atom is -0.578 e. The molecule has 0 radical (unpaired) electrons. The largest absolute Gasteiger partial charge is 4.00 e. The molecule has 12 heterocycles. The van der Waals surface area contributed by atoms with Gasteiger partial charge >= 0.3 is 65.2 Å². The van der Waals surface area contributed by atoms with Crippen molar-refractivity contribution in [3.63, 3.8) is 0 Å². The smallest absolute Gasteiger partial charge is 0.578 e. The Hall–Kier alpha value is -7.76. The van der Waals surface area contributed by atoms with Gasteiger partial charge in [-0.3, -0.25) is 10.2 Å². The van der Waals surface area contributed by atoms with E-state index in [1.165, 1.54) is 0 Å². The van der Waals surface area contributed by atoms with Crippen LogP contribution in [0.5, 0.6) is 0 Å². The van der Waals surface area contributed by atoms with Crippen LogP contribution in [0.15, 0.2) is 36.4 Å². The van der Waals surface area contributed by atoms with E-state index in [1.54, 1.807) is 0 Å². The average Bonchev–Trinajstić information content (AvgIpc) is 1.72. The summed E-state index contributed by atoms with van der Waals surface area (Å²) in [4.78, 5) is 23.3. The van der Waals surface area contributed by atoms with Crippen LogP contribution >= 0.6 is 0 Å². The topological polar surface area (TPSA) is 401 Å².